The van der Waals surface area contributed by atoms with Gasteiger partial charge in [-0.1, -0.05) is 105 Å². The van der Waals surface area contributed by atoms with Crippen LogP contribution in [0.4, 0.5) is 0 Å². The lowest BCUT2D eigenvalue weighted by Gasteiger charge is -2.33. The van der Waals surface area contributed by atoms with Crippen molar-refractivity contribution in [2.75, 3.05) is 0 Å². The Morgan fingerprint density at radius 2 is 1.17 bits per heavy atom. The summed E-state index contributed by atoms with van der Waals surface area (Å²) in [6.45, 7) is 3.68. The van der Waals surface area contributed by atoms with Crippen molar-refractivity contribution >= 4 is 22.8 Å². The van der Waals surface area contributed by atoms with Crippen LogP contribution in [-0.2, 0) is 9.59 Å². The van der Waals surface area contributed by atoms with Crippen molar-refractivity contribution in [1.82, 2.24) is 5.32 Å². The van der Waals surface area contributed by atoms with Crippen LogP contribution in [0.5, 0.6) is 0 Å². The summed E-state index contributed by atoms with van der Waals surface area (Å²) >= 11 is 0. The minimum absolute atomic E-state index is 0.337. The lowest BCUT2D eigenvalue weighted by Crippen LogP contribution is -2.39. The highest BCUT2D eigenvalue weighted by molar-refractivity contribution is 6.57. The quantitative estimate of drug-likeness (QED) is 0.645. The van der Waals surface area contributed by atoms with E-state index < -0.39 is 11.2 Å². The van der Waals surface area contributed by atoms with Gasteiger partial charge in [-0.3, -0.25) is 9.59 Å². The van der Waals surface area contributed by atoms with Crippen molar-refractivity contribution in [2.24, 2.45) is 5.41 Å². The van der Waals surface area contributed by atoms with Crippen LogP contribution >= 0.6 is 0 Å². The summed E-state index contributed by atoms with van der Waals surface area (Å²) in [5.74, 6) is -0.838. The Bertz CT molecular complexity index is 1070. The van der Waals surface area contributed by atoms with E-state index in [1.54, 1.807) is 0 Å². The van der Waals surface area contributed by atoms with E-state index in [-0.39, 0.29) is 11.8 Å². The molecule has 3 aromatic carbocycles. The summed E-state index contributed by atoms with van der Waals surface area (Å²) in [5, 5.41) is 3.59. The molecule has 29 heavy (non-hydrogen) atoms. The van der Waals surface area contributed by atoms with Crippen LogP contribution in [0.2, 0.25) is 0 Å². The molecular formula is C26H23NO2. The first-order chi connectivity index (χ1) is 14.0. The van der Waals surface area contributed by atoms with E-state index in [4.69, 9.17) is 0 Å². The standard InChI is InChI=1S/C26H23NO2/c1-26(2)24(20-16-10-5-11-17-20)27-22(19-14-8-4-9-15-19)21(23(28)25(26)29)18-12-6-3-7-13-18/h3-17,24,27H,1-2H3. The van der Waals surface area contributed by atoms with Crippen LogP contribution in [0.3, 0.4) is 0 Å². The summed E-state index contributed by atoms with van der Waals surface area (Å²) in [6, 6.07) is 28.7. The SMILES string of the molecule is CC1(C)C(=O)C(=O)C(c2ccccc2)=C(c2ccccc2)NC1c1ccccc1. The van der Waals surface area contributed by atoms with Crippen molar-refractivity contribution in [3.05, 3.63) is 108 Å². The molecule has 0 radical (unpaired) electrons. The first-order valence-corrected chi connectivity index (χ1v) is 9.76. The summed E-state index contributed by atoms with van der Waals surface area (Å²) < 4.78 is 0. The molecule has 0 saturated carbocycles. The largest absolute Gasteiger partial charge is 0.376 e. The average Bonchev–Trinajstić information content (AvgIpc) is 2.84. The Balaban J connectivity index is 1.99. The van der Waals surface area contributed by atoms with Crippen molar-refractivity contribution in [3.8, 4) is 0 Å². The molecule has 4 rings (SSSR count). The molecule has 1 atom stereocenters. The first-order valence-electron chi connectivity index (χ1n) is 9.76. The third kappa shape index (κ3) is 3.40. The Kier molecular flexibility index (Phi) is 4.89. The van der Waals surface area contributed by atoms with E-state index in [0.29, 0.717) is 11.3 Å². The lowest BCUT2D eigenvalue weighted by atomic mass is 9.75. The Morgan fingerprint density at radius 1 is 0.690 bits per heavy atom. The van der Waals surface area contributed by atoms with E-state index >= 15 is 0 Å². The molecule has 0 saturated heterocycles. The monoisotopic (exact) mass is 381 g/mol. The van der Waals surface area contributed by atoms with Gasteiger partial charge in [0.15, 0.2) is 0 Å². The van der Waals surface area contributed by atoms with Gasteiger partial charge < -0.3 is 5.32 Å². The number of carbonyl (C=O) groups is 2. The van der Waals surface area contributed by atoms with Gasteiger partial charge in [0.25, 0.3) is 0 Å². The van der Waals surface area contributed by atoms with E-state index in [2.05, 4.69) is 5.32 Å². The number of hydrogen-bond acceptors (Lipinski definition) is 3. The minimum atomic E-state index is -0.908. The second-order valence-electron chi connectivity index (χ2n) is 7.85. The van der Waals surface area contributed by atoms with Gasteiger partial charge in [-0.15, -0.1) is 0 Å². The molecular weight excluding hydrogens is 358 g/mol. The zero-order valence-corrected chi connectivity index (χ0v) is 16.6. The van der Waals surface area contributed by atoms with Crippen LogP contribution in [-0.4, -0.2) is 11.6 Å². The van der Waals surface area contributed by atoms with Gasteiger partial charge in [-0.05, 0) is 16.7 Å². The maximum Gasteiger partial charge on any atom is 0.231 e. The molecule has 1 N–H and O–H groups in total. The molecule has 0 amide bonds. The number of rotatable bonds is 3. The second kappa shape index (κ2) is 7.51. The van der Waals surface area contributed by atoms with E-state index in [0.717, 1.165) is 16.7 Å². The van der Waals surface area contributed by atoms with Gasteiger partial charge >= 0.3 is 0 Å². The Labute approximate surface area is 171 Å². The molecule has 1 heterocycles. The molecule has 1 unspecified atom stereocenters. The van der Waals surface area contributed by atoms with Gasteiger partial charge in [0, 0.05) is 0 Å². The Hall–Kier alpha value is -3.46. The van der Waals surface area contributed by atoms with Gasteiger partial charge in [-0.2, -0.15) is 0 Å². The van der Waals surface area contributed by atoms with Gasteiger partial charge in [0.1, 0.15) is 0 Å². The predicted molar refractivity (Wildman–Crippen MR) is 116 cm³/mol. The summed E-state index contributed by atoms with van der Waals surface area (Å²) in [6.07, 6.45) is 0. The molecule has 3 aromatic rings. The number of hydrogen-bond donors (Lipinski definition) is 1. The maximum atomic E-state index is 13.5. The third-order valence-corrected chi connectivity index (χ3v) is 5.54. The van der Waals surface area contributed by atoms with Crippen molar-refractivity contribution in [3.63, 3.8) is 0 Å². The normalized spacial score (nSPS) is 18.9. The predicted octanol–water partition coefficient (Wildman–Crippen LogP) is 5.06. The van der Waals surface area contributed by atoms with Gasteiger partial charge in [-0.25, -0.2) is 0 Å². The van der Waals surface area contributed by atoms with Crippen molar-refractivity contribution in [1.29, 1.82) is 0 Å². The number of allylic oxidation sites excluding steroid dienone is 1. The highest BCUT2D eigenvalue weighted by Crippen LogP contribution is 2.42. The topological polar surface area (TPSA) is 46.2 Å². The van der Waals surface area contributed by atoms with E-state index in [1.165, 1.54) is 0 Å². The summed E-state index contributed by atoms with van der Waals surface area (Å²) in [7, 11) is 0. The zero-order chi connectivity index (χ0) is 20.4. The molecule has 0 aliphatic carbocycles. The van der Waals surface area contributed by atoms with Crippen LogP contribution in [0.25, 0.3) is 11.3 Å². The molecule has 1 aliphatic rings. The Morgan fingerprint density at radius 3 is 1.72 bits per heavy atom. The molecule has 0 aromatic heterocycles. The highest BCUT2D eigenvalue weighted by atomic mass is 16.2. The van der Waals surface area contributed by atoms with Crippen LogP contribution < -0.4 is 5.32 Å². The molecule has 144 valence electrons. The minimum Gasteiger partial charge on any atom is -0.376 e. The average molecular weight is 381 g/mol. The second-order valence-corrected chi connectivity index (χ2v) is 7.85. The molecule has 3 heteroatoms. The van der Waals surface area contributed by atoms with E-state index in [9.17, 15) is 9.59 Å². The van der Waals surface area contributed by atoms with Crippen LogP contribution in [0, 0.1) is 5.41 Å². The fourth-order valence-electron chi connectivity index (χ4n) is 3.91. The number of ketones is 2. The zero-order valence-electron chi connectivity index (χ0n) is 16.6. The van der Waals surface area contributed by atoms with Crippen LogP contribution in [0.15, 0.2) is 91.0 Å². The highest BCUT2D eigenvalue weighted by Gasteiger charge is 2.45. The number of carbonyl (C=O) groups excluding carboxylic acids is 2. The molecule has 0 spiro atoms. The molecule has 0 fully saturated rings. The van der Waals surface area contributed by atoms with E-state index in [1.807, 2.05) is 105 Å². The molecule has 1 aliphatic heterocycles. The fourth-order valence-corrected chi connectivity index (χ4v) is 3.91. The summed E-state index contributed by atoms with van der Waals surface area (Å²) in [5.41, 5.74) is 2.80. The van der Waals surface area contributed by atoms with Crippen molar-refractivity contribution in [2.45, 2.75) is 19.9 Å². The fraction of sp³-hybridized carbons (Fsp3) is 0.154. The number of benzene rings is 3. The summed E-state index contributed by atoms with van der Waals surface area (Å²) in [4.78, 5) is 26.9. The number of Topliss-reactive ketones (excluding diaryl/α,β-unsaturated/α-hetero) is 2. The third-order valence-electron chi connectivity index (χ3n) is 5.54. The number of nitrogens with one attached hydrogen (secondary N) is 1. The first kappa shape index (κ1) is 18.9. The molecule has 3 nitrogen and oxygen atoms in total. The lowest BCUT2D eigenvalue weighted by molar-refractivity contribution is -0.139. The van der Waals surface area contributed by atoms with Gasteiger partial charge in [0.2, 0.25) is 11.6 Å². The smallest absolute Gasteiger partial charge is 0.231 e. The maximum absolute atomic E-state index is 13.5. The van der Waals surface area contributed by atoms with Gasteiger partial charge in [0.05, 0.1) is 22.7 Å². The molecule has 0 bridgehead atoms. The van der Waals surface area contributed by atoms with Crippen molar-refractivity contribution < 1.29 is 9.59 Å². The van der Waals surface area contributed by atoms with Crippen LogP contribution in [0.1, 0.15) is 36.6 Å².